The summed E-state index contributed by atoms with van der Waals surface area (Å²) < 4.78 is 58.3. The molecule has 0 unspecified atom stereocenters. The van der Waals surface area contributed by atoms with E-state index in [1.54, 1.807) is 26.1 Å². The second-order valence-electron chi connectivity index (χ2n) is 7.53. The highest BCUT2D eigenvalue weighted by Crippen LogP contribution is 2.41. The van der Waals surface area contributed by atoms with E-state index in [1.165, 1.54) is 39.7 Å². The van der Waals surface area contributed by atoms with Crippen LogP contribution in [-0.2, 0) is 22.8 Å². The molecule has 6 nitrogen and oxygen atoms in total. The number of nitrogens with one attached hydrogen (secondary N) is 1. The molecule has 1 saturated carbocycles. The van der Waals surface area contributed by atoms with Crippen molar-refractivity contribution >= 4 is 15.7 Å². The van der Waals surface area contributed by atoms with Gasteiger partial charge in [0.1, 0.15) is 17.3 Å². The maximum atomic E-state index is 14.1. The molecule has 1 heterocycles. The van der Waals surface area contributed by atoms with Crippen molar-refractivity contribution in [2.24, 2.45) is 7.05 Å². The number of rotatable bonds is 6. The van der Waals surface area contributed by atoms with Crippen molar-refractivity contribution in [3.8, 4) is 5.69 Å². The van der Waals surface area contributed by atoms with Gasteiger partial charge in [0.25, 0.3) is 5.56 Å². The van der Waals surface area contributed by atoms with E-state index in [4.69, 9.17) is 0 Å². The molecule has 30 heavy (non-hydrogen) atoms. The van der Waals surface area contributed by atoms with Crippen LogP contribution in [0.3, 0.4) is 0 Å². The molecule has 0 spiro atoms. The van der Waals surface area contributed by atoms with Crippen LogP contribution in [0.5, 0.6) is 0 Å². The summed E-state index contributed by atoms with van der Waals surface area (Å²) in [4.78, 5) is 13.0. The van der Waals surface area contributed by atoms with E-state index in [1.807, 2.05) is 0 Å². The number of aromatic nitrogens is 2. The van der Waals surface area contributed by atoms with Crippen molar-refractivity contribution in [1.29, 1.82) is 0 Å². The molecule has 9 heteroatoms. The van der Waals surface area contributed by atoms with Crippen LogP contribution >= 0.6 is 0 Å². The van der Waals surface area contributed by atoms with Gasteiger partial charge in [-0.2, -0.15) is 0 Å². The summed E-state index contributed by atoms with van der Waals surface area (Å²) in [5, 5.41) is 0. The Morgan fingerprint density at radius 1 is 1.10 bits per heavy atom. The van der Waals surface area contributed by atoms with Gasteiger partial charge in [-0.1, -0.05) is 18.2 Å². The Hall–Kier alpha value is -2.94. The van der Waals surface area contributed by atoms with Gasteiger partial charge < -0.3 is 0 Å². The lowest BCUT2D eigenvalue weighted by Crippen LogP contribution is -2.24. The first-order valence-electron chi connectivity index (χ1n) is 9.50. The summed E-state index contributed by atoms with van der Waals surface area (Å²) >= 11 is 0. The molecule has 0 aliphatic heterocycles. The van der Waals surface area contributed by atoms with Crippen molar-refractivity contribution in [2.75, 3.05) is 4.72 Å². The van der Waals surface area contributed by atoms with Gasteiger partial charge in [-0.3, -0.25) is 14.2 Å². The minimum Gasteiger partial charge on any atom is -0.283 e. The minimum atomic E-state index is -4.04. The highest BCUT2D eigenvalue weighted by molar-refractivity contribution is 7.91. The fraction of sp³-hybridized carbons (Fsp3) is 0.286. The van der Waals surface area contributed by atoms with Crippen LogP contribution in [0.15, 0.2) is 47.3 Å². The lowest BCUT2D eigenvalue weighted by atomic mass is 10.1. The number of nitrogens with zero attached hydrogens (tertiary/aromatic N) is 2. The van der Waals surface area contributed by atoms with Crippen molar-refractivity contribution in [3.63, 3.8) is 0 Å². The van der Waals surface area contributed by atoms with Gasteiger partial charge in [-0.05, 0) is 55.5 Å². The van der Waals surface area contributed by atoms with Crippen LogP contribution in [-0.4, -0.2) is 17.8 Å². The van der Waals surface area contributed by atoms with Gasteiger partial charge in [-0.15, -0.1) is 0 Å². The largest absolute Gasteiger partial charge is 0.296 e. The van der Waals surface area contributed by atoms with Crippen LogP contribution in [0.2, 0.25) is 0 Å². The highest BCUT2D eigenvalue weighted by atomic mass is 32.2. The Bertz CT molecular complexity index is 1290. The van der Waals surface area contributed by atoms with Gasteiger partial charge in [0.2, 0.25) is 10.0 Å². The second-order valence-corrected chi connectivity index (χ2v) is 9.26. The SMILES string of the molecule is Cc1c(NS(=O)(=O)Cc2ccccc2F)c(=O)n(-c2ccc(F)c(C3CC3)c2)n1C. The Balaban J connectivity index is 1.70. The smallest absolute Gasteiger partial charge is 0.283 e. The topological polar surface area (TPSA) is 73.1 Å². The Morgan fingerprint density at radius 3 is 2.47 bits per heavy atom. The third kappa shape index (κ3) is 3.77. The van der Waals surface area contributed by atoms with Crippen molar-refractivity contribution < 1.29 is 17.2 Å². The van der Waals surface area contributed by atoms with Crippen LogP contribution in [0.25, 0.3) is 5.69 Å². The van der Waals surface area contributed by atoms with E-state index in [0.717, 1.165) is 12.8 Å². The number of anilines is 1. The average Bonchev–Trinajstić information content (AvgIpc) is 3.50. The maximum absolute atomic E-state index is 14.1. The van der Waals surface area contributed by atoms with E-state index in [9.17, 15) is 22.0 Å². The molecule has 0 saturated heterocycles. The molecule has 1 aliphatic rings. The van der Waals surface area contributed by atoms with Gasteiger partial charge in [0, 0.05) is 12.6 Å². The first kappa shape index (κ1) is 20.3. The summed E-state index contributed by atoms with van der Waals surface area (Å²) in [6.45, 7) is 1.60. The van der Waals surface area contributed by atoms with Gasteiger partial charge in [0.05, 0.1) is 17.1 Å². The molecular weight excluding hydrogens is 412 g/mol. The highest BCUT2D eigenvalue weighted by Gasteiger charge is 2.28. The summed E-state index contributed by atoms with van der Waals surface area (Å²) in [6.07, 6.45) is 1.81. The Labute approximate surface area is 172 Å². The number of sulfonamides is 1. The van der Waals surface area contributed by atoms with Crippen molar-refractivity contribution in [2.45, 2.75) is 31.4 Å². The fourth-order valence-electron chi connectivity index (χ4n) is 3.50. The Kier molecular flexibility index (Phi) is 5.01. The third-order valence-electron chi connectivity index (χ3n) is 5.36. The number of halogens is 2. The molecule has 0 radical (unpaired) electrons. The maximum Gasteiger partial charge on any atom is 0.296 e. The van der Waals surface area contributed by atoms with E-state index in [0.29, 0.717) is 16.9 Å². The van der Waals surface area contributed by atoms with Crippen molar-refractivity contribution in [1.82, 2.24) is 9.36 Å². The predicted octanol–water partition coefficient (Wildman–Crippen LogP) is 3.58. The molecular formula is C21H21F2N3O3S. The molecule has 2 aromatic carbocycles. The molecule has 4 rings (SSSR count). The molecule has 3 aromatic rings. The fourth-order valence-corrected chi connectivity index (χ4v) is 4.76. The van der Waals surface area contributed by atoms with E-state index in [-0.39, 0.29) is 23.0 Å². The lowest BCUT2D eigenvalue weighted by molar-refractivity contribution is 0.591. The second kappa shape index (κ2) is 7.39. The number of hydrogen-bond acceptors (Lipinski definition) is 3. The van der Waals surface area contributed by atoms with Crippen LogP contribution in [0.4, 0.5) is 14.5 Å². The van der Waals surface area contributed by atoms with Crippen LogP contribution < -0.4 is 10.3 Å². The third-order valence-corrected chi connectivity index (χ3v) is 6.56. The zero-order valence-electron chi connectivity index (χ0n) is 16.5. The summed E-state index contributed by atoms with van der Waals surface area (Å²) in [5.74, 6) is -1.40. The monoisotopic (exact) mass is 433 g/mol. The molecule has 0 amide bonds. The quantitative estimate of drug-likeness (QED) is 0.646. The zero-order valence-corrected chi connectivity index (χ0v) is 17.3. The van der Waals surface area contributed by atoms with E-state index >= 15 is 0 Å². The summed E-state index contributed by atoms with van der Waals surface area (Å²) in [5.41, 5.74) is 0.695. The first-order chi connectivity index (χ1) is 14.2. The van der Waals surface area contributed by atoms with E-state index < -0.39 is 27.2 Å². The molecule has 0 atom stereocenters. The van der Waals surface area contributed by atoms with Gasteiger partial charge >= 0.3 is 0 Å². The average molecular weight is 433 g/mol. The first-order valence-corrected chi connectivity index (χ1v) is 11.2. The van der Waals surface area contributed by atoms with Crippen molar-refractivity contribution in [3.05, 3.63) is 81.3 Å². The van der Waals surface area contributed by atoms with Crippen LogP contribution in [0, 0.1) is 18.6 Å². The van der Waals surface area contributed by atoms with Gasteiger partial charge in [-0.25, -0.2) is 21.9 Å². The summed E-state index contributed by atoms with van der Waals surface area (Å²) in [6, 6.07) is 10.0. The molecule has 1 N–H and O–H groups in total. The molecule has 1 aliphatic carbocycles. The van der Waals surface area contributed by atoms with E-state index in [2.05, 4.69) is 4.72 Å². The Morgan fingerprint density at radius 2 is 1.80 bits per heavy atom. The van der Waals surface area contributed by atoms with Crippen LogP contribution in [0.1, 0.15) is 35.6 Å². The molecule has 0 bridgehead atoms. The molecule has 1 fully saturated rings. The molecule has 1 aromatic heterocycles. The van der Waals surface area contributed by atoms with Gasteiger partial charge in [0.15, 0.2) is 0 Å². The standard InChI is InChI=1S/C21H21F2N3O3S/c1-13-20(24-30(28,29)12-15-5-3-4-6-18(15)22)21(27)26(25(13)2)16-9-10-19(23)17(11-16)14-7-8-14/h3-6,9-11,14,24H,7-8,12H2,1-2H3. The summed E-state index contributed by atoms with van der Waals surface area (Å²) in [7, 11) is -2.42. The predicted molar refractivity (Wildman–Crippen MR) is 110 cm³/mol. The zero-order chi connectivity index (χ0) is 21.6. The number of hydrogen-bond donors (Lipinski definition) is 1. The number of benzene rings is 2. The lowest BCUT2D eigenvalue weighted by Gasteiger charge is -2.10. The normalized spacial score (nSPS) is 14.1. The molecule has 158 valence electrons. The minimum absolute atomic E-state index is 0.00604.